The van der Waals surface area contributed by atoms with Crippen molar-refractivity contribution in [3.05, 3.63) is 58.1 Å². The maximum absolute atomic E-state index is 13.2. The van der Waals surface area contributed by atoms with Crippen molar-refractivity contribution in [2.75, 3.05) is 39.6 Å². The molecule has 31 heavy (non-hydrogen) atoms. The summed E-state index contributed by atoms with van der Waals surface area (Å²) in [5, 5.41) is 0. The molecule has 2 fully saturated rings. The van der Waals surface area contributed by atoms with Gasteiger partial charge in [0.15, 0.2) is 0 Å². The number of thioether (sulfide) groups is 1. The third-order valence-corrected chi connectivity index (χ3v) is 8.07. The number of hydrogen-bond acceptors (Lipinski definition) is 5. The van der Waals surface area contributed by atoms with Crippen LogP contribution in [0.1, 0.15) is 33.6 Å². The van der Waals surface area contributed by atoms with Gasteiger partial charge in [-0.25, -0.2) is 0 Å². The summed E-state index contributed by atoms with van der Waals surface area (Å²) >= 11 is 5.26. The van der Waals surface area contributed by atoms with E-state index in [1.807, 2.05) is 45.8 Å². The number of methoxy groups -OCH3 is 2. The van der Waals surface area contributed by atoms with E-state index in [0.29, 0.717) is 35.7 Å². The van der Waals surface area contributed by atoms with E-state index in [1.165, 1.54) is 0 Å². The van der Waals surface area contributed by atoms with Crippen LogP contribution in [0.15, 0.2) is 46.9 Å². The fraction of sp³-hybridized carbons (Fsp3) is 0.391. The van der Waals surface area contributed by atoms with Gasteiger partial charge in [-0.2, -0.15) is 0 Å². The van der Waals surface area contributed by atoms with Crippen LogP contribution in [0.3, 0.4) is 0 Å². The minimum atomic E-state index is -0.245. The first-order valence-corrected chi connectivity index (χ1v) is 12.0. The molecule has 0 aromatic heterocycles. The first-order chi connectivity index (χ1) is 15.0. The van der Waals surface area contributed by atoms with Gasteiger partial charge in [0, 0.05) is 41.5 Å². The van der Waals surface area contributed by atoms with Gasteiger partial charge in [-0.3, -0.25) is 9.59 Å². The van der Waals surface area contributed by atoms with E-state index in [0.717, 1.165) is 29.6 Å². The van der Waals surface area contributed by atoms with Crippen molar-refractivity contribution in [2.24, 2.45) is 0 Å². The van der Waals surface area contributed by atoms with Gasteiger partial charge in [0.05, 0.1) is 24.7 Å². The second-order valence-electron chi connectivity index (χ2n) is 7.62. The molecule has 0 atom stereocenters. The zero-order valence-electron chi connectivity index (χ0n) is 17.6. The van der Waals surface area contributed by atoms with Crippen LogP contribution >= 0.6 is 27.7 Å². The summed E-state index contributed by atoms with van der Waals surface area (Å²) in [6.45, 7) is 1.94. The van der Waals surface area contributed by atoms with Crippen molar-refractivity contribution in [2.45, 2.75) is 17.7 Å². The average Bonchev–Trinajstić information content (AvgIpc) is 3.21. The normalized spacial score (nSPS) is 17.6. The van der Waals surface area contributed by atoms with E-state index in [4.69, 9.17) is 9.47 Å². The van der Waals surface area contributed by atoms with Crippen LogP contribution in [-0.2, 0) is 0 Å². The highest BCUT2D eigenvalue weighted by Crippen LogP contribution is 2.45. The standard InChI is InChI=1S/C23H25BrN2O4S/c1-29-18-7-8-19(20(15-18)30-2)22(28)25-11-9-23(10-12-25)26(13-14-31-23)21(27)16-3-5-17(24)6-4-16/h3-8,15H,9-14H2,1-2H3. The summed E-state index contributed by atoms with van der Waals surface area (Å²) in [5.74, 6) is 2.09. The molecular formula is C23H25BrN2O4S. The van der Waals surface area contributed by atoms with Gasteiger partial charge in [-0.05, 0) is 49.2 Å². The molecular weight excluding hydrogens is 480 g/mol. The maximum atomic E-state index is 13.2. The highest BCUT2D eigenvalue weighted by atomic mass is 79.9. The summed E-state index contributed by atoms with van der Waals surface area (Å²) in [6.07, 6.45) is 1.51. The molecule has 1 spiro atoms. The Kier molecular flexibility index (Phi) is 6.48. The van der Waals surface area contributed by atoms with E-state index >= 15 is 0 Å². The Balaban J connectivity index is 1.48. The molecule has 0 saturated carbocycles. The first kappa shape index (κ1) is 22.0. The molecule has 6 nitrogen and oxygen atoms in total. The zero-order valence-corrected chi connectivity index (χ0v) is 20.0. The lowest BCUT2D eigenvalue weighted by atomic mass is 10.00. The van der Waals surface area contributed by atoms with Crippen molar-refractivity contribution in [1.29, 1.82) is 0 Å². The summed E-state index contributed by atoms with van der Waals surface area (Å²) in [5.41, 5.74) is 1.23. The molecule has 0 bridgehead atoms. The van der Waals surface area contributed by atoms with Crippen LogP contribution in [0, 0.1) is 0 Å². The molecule has 0 unspecified atom stereocenters. The van der Waals surface area contributed by atoms with E-state index in [2.05, 4.69) is 15.9 Å². The van der Waals surface area contributed by atoms with Gasteiger partial charge in [0.1, 0.15) is 11.5 Å². The van der Waals surface area contributed by atoms with Crippen molar-refractivity contribution in [1.82, 2.24) is 9.80 Å². The van der Waals surface area contributed by atoms with Crippen molar-refractivity contribution in [3.63, 3.8) is 0 Å². The molecule has 4 rings (SSSR count). The number of likely N-dealkylation sites (tertiary alicyclic amines) is 1. The molecule has 2 amide bonds. The Morgan fingerprint density at radius 3 is 2.32 bits per heavy atom. The smallest absolute Gasteiger partial charge is 0.257 e. The fourth-order valence-electron chi connectivity index (χ4n) is 4.26. The fourth-order valence-corrected chi connectivity index (χ4v) is 5.98. The number of carbonyl (C=O) groups is 2. The summed E-state index contributed by atoms with van der Waals surface area (Å²) in [6, 6.07) is 12.8. The Bertz CT molecular complexity index is 974. The largest absolute Gasteiger partial charge is 0.497 e. The third-order valence-electron chi connectivity index (χ3n) is 5.98. The summed E-state index contributed by atoms with van der Waals surface area (Å²) in [4.78, 5) is 30.0. The zero-order chi connectivity index (χ0) is 22.0. The van der Waals surface area contributed by atoms with Crippen LogP contribution in [0.5, 0.6) is 11.5 Å². The van der Waals surface area contributed by atoms with Crippen molar-refractivity contribution < 1.29 is 19.1 Å². The number of ether oxygens (including phenoxy) is 2. The number of benzene rings is 2. The SMILES string of the molecule is COc1ccc(C(=O)N2CCC3(CC2)SCCN3C(=O)c2ccc(Br)cc2)c(OC)c1. The first-order valence-electron chi connectivity index (χ1n) is 10.2. The summed E-state index contributed by atoms with van der Waals surface area (Å²) < 4.78 is 11.6. The molecule has 2 aliphatic heterocycles. The molecule has 0 N–H and O–H groups in total. The molecule has 2 aromatic rings. The van der Waals surface area contributed by atoms with Gasteiger partial charge < -0.3 is 19.3 Å². The number of rotatable bonds is 4. The molecule has 0 radical (unpaired) electrons. The van der Waals surface area contributed by atoms with Crippen LogP contribution < -0.4 is 9.47 Å². The Labute approximate surface area is 195 Å². The molecule has 0 aliphatic carbocycles. The molecule has 164 valence electrons. The van der Waals surface area contributed by atoms with Crippen LogP contribution in [0.2, 0.25) is 0 Å². The van der Waals surface area contributed by atoms with Gasteiger partial charge in [-0.1, -0.05) is 15.9 Å². The van der Waals surface area contributed by atoms with Gasteiger partial charge in [-0.15, -0.1) is 11.8 Å². The minimum absolute atomic E-state index is 0.0527. The number of amides is 2. The van der Waals surface area contributed by atoms with Gasteiger partial charge in [0.2, 0.25) is 0 Å². The molecule has 8 heteroatoms. The second-order valence-corrected chi connectivity index (χ2v) is 9.99. The second kappa shape index (κ2) is 9.12. The van der Waals surface area contributed by atoms with E-state index in [1.54, 1.807) is 32.4 Å². The Morgan fingerprint density at radius 1 is 0.968 bits per heavy atom. The van der Waals surface area contributed by atoms with E-state index < -0.39 is 0 Å². The quantitative estimate of drug-likeness (QED) is 0.621. The highest BCUT2D eigenvalue weighted by Gasteiger charge is 2.47. The number of carbonyl (C=O) groups excluding carboxylic acids is 2. The van der Waals surface area contributed by atoms with Gasteiger partial charge >= 0.3 is 0 Å². The lowest BCUT2D eigenvalue weighted by molar-refractivity contribution is 0.0496. The Morgan fingerprint density at radius 2 is 1.68 bits per heavy atom. The predicted octanol–water partition coefficient (Wildman–Crippen LogP) is 4.29. The van der Waals surface area contributed by atoms with E-state index in [9.17, 15) is 9.59 Å². The predicted molar refractivity (Wildman–Crippen MR) is 125 cm³/mol. The van der Waals surface area contributed by atoms with Gasteiger partial charge in [0.25, 0.3) is 11.8 Å². The number of halogens is 1. The summed E-state index contributed by atoms with van der Waals surface area (Å²) in [7, 11) is 3.14. The minimum Gasteiger partial charge on any atom is -0.497 e. The maximum Gasteiger partial charge on any atom is 0.257 e. The van der Waals surface area contributed by atoms with Crippen LogP contribution in [0.25, 0.3) is 0 Å². The molecule has 2 aliphatic rings. The Hall–Kier alpha value is -2.19. The van der Waals surface area contributed by atoms with Crippen molar-refractivity contribution in [3.8, 4) is 11.5 Å². The number of piperidine rings is 1. The lowest BCUT2D eigenvalue weighted by Crippen LogP contribution is -2.53. The number of nitrogens with zero attached hydrogens (tertiary/aromatic N) is 2. The van der Waals surface area contributed by atoms with Crippen LogP contribution in [-0.4, -0.2) is 66.1 Å². The molecule has 2 aromatic carbocycles. The van der Waals surface area contributed by atoms with Crippen molar-refractivity contribution >= 4 is 39.5 Å². The van der Waals surface area contributed by atoms with Crippen LogP contribution in [0.4, 0.5) is 0 Å². The molecule has 2 heterocycles. The third kappa shape index (κ3) is 4.28. The lowest BCUT2D eigenvalue weighted by Gasteiger charge is -2.44. The molecule has 2 saturated heterocycles. The average molecular weight is 505 g/mol. The topological polar surface area (TPSA) is 59.1 Å². The highest BCUT2D eigenvalue weighted by molar-refractivity contribution is 9.10. The monoisotopic (exact) mass is 504 g/mol. The van der Waals surface area contributed by atoms with E-state index in [-0.39, 0.29) is 16.7 Å². The number of hydrogen-bond donors (Lipinski definition) is 0.